The predicted octanol–water partition coefficient (Wildman–Crippen LogP) is 1.98. The van der Waals surface area contributed by atoms with E-state index >= 15 is 0 Å². The minimum Gasteiger partial charge on any atom is -0.379 e. The van der Waals surface area contributed by atoms with Gasteiger partial charge in [0, 0.05) is 31.9 Å². The van der Waals surface area contributed by atoms with Crippen molar-refractivity contribution in [2.75, 3.05) is 44.7 Å². The summed E-state index contributed by atoms with van der Waals surface area (Å²) >= 11 is 0. The first-order chi connectivity index (χ1) is 11.3. The summed E-state index contributed by atoms with van der Waals surface area (Å²) in [6, 6.07) is 7.80. The lowest BCUT2D eigenvalue weighted by Crippen LogP contribution is -2.37. The topological polar surface area (TPSA) is 63.2 Å². The number of pyridine rings is 1. The van der Waals surface area contributed by atoms with E-state index < -0.39 is 0 Å². The van der Waals surface area contributed by atoms with Crippen molar-refractivity contribution in [1.82, 2.24) is 19.9 Å². The lowest BCUT2D eigenvalue weighted by atomic mass is 10.2. The molecule has 122 valence electrons. The second-order valence-electron chi connectivity index (χ2n) is 5.63. The second kappa shape index (κ2) is 7.99. The van der Waals surface area contributed by atoms with Crippen LogP contribution in [-0.4, -0.2) is 59.2 Å². The first kappa shape index (κ1) is 15.8. The van der Waals surface area contributed by atoms with Gasteiger partial charge in [0.25, 0.3) is 0 Å². The number of morpholine rings is 1. The van der Waals surface area contributed by atoms with Crippen molar-refractivity contribution >= 4 is 5.82 Å². The average Bonchev–Trinajstić information content (AvgIpc) is 2.60. The molecule has 1 aliphatic rings. The van der Waals surface area contributed by atoms with E-state index in [1.807, 2.05) is 31.2 Å². The number of nitrogens with one attached hydrogen (secondary N) is 1. The van der Waals surface area contributed by atoms with Gasteiger partial charge in [0.2, 0.25) is 0 Å². The van der Waals surface area contributed by atoms with E-state index in [-0.39, 0.29) is 0 Å². The van der Waals surface area contributed by atoms with Gasteiger partial charge in [0.1, 0.15) is 11.6 Å². The Balaban J connectivity index is 1.54. The molecule has 6 heteroatoms. The van der Waals surface area contributed by atoms with Crippen molar-refractivity contribution in [2.45, 2.75) is 13.3 Å². The van der Waals surface area contributed by atoms with Crippen LogP contribution < -0.4 is 5.32 Å². The summed E-state index contributed by atoms with van der Waals surface area (Å²) in [4.78, 5) is 15.7. The minimum absolute atomic E-state index is 0.754. The quantitative estimate of drug-likeness (QED) is 0.823. The fourth-order valence-corrected chi connectivity index (χ4v) is 2.65. The Labute approximate surface area is 136 Å². The van der Waals surface area contributed by atoms with Gasteiger partial charge in [-0.2, -0.15) is 0 Å². The van der Waals surface area contributed by atoms with Crippen molar-refractivity contribution in [2.24, 2.45) is 0 Å². The minimum atomic E-state index is 0.754. The Morgan fingerprint density at radius 3 is 2.83 bits per heavy atom. The molecule has 23 heavy (non-hydrogen) atoms. The van der Waals surface area contributed by atoms with Gasteiger partial charge in [-0.15, -0.1) is 0 Å². The van der Waals surface area contributed by atoms with E-state index in [2.05, 4.69) is 25.2 Å². The maximum absolute atomic E-state index is 5.36. The van der Waals surface area contributed by atoms with Crippen LogP contribution in [0.25, 0.3) is 11.4 Å². The van der Waals surface area contributed by atoms with E-state index in [0.717, 1.165) is 68.8 Å². The molecule has 3 heterocycles. The highest BCUT2D eigenvalue weighted by atomic mass is 16.5. The molecule has 1 saturated heterocycles. The Bertz CT molecular complexity index is 614. The molecule has 0 radical (unpaired) electrons. The summed E-state index contributed by atoms with van der Waals surface area (Å²) in [5.74, 6) is 1.61. The molecule has 2 aromatic rings. The van der Waals surface area contributed by atoms with Crippen molar-refractivity contribution < 1.29 is 4.74 Å². The number of hydrogen-bond donors (Lipinski definition) is 1. The monoisotopic (exact) mass is 313 g/mol. The van der Waals surface area contributed by atoms with Crippen molar-refractivity contribution in [3.8, 4) is 11.4 Å². The summed E-state index contributed by atoms with van der Waals surface area (Å²) in [7, 11) is 0. The van der Waals surface area contributed by atoms with E-state index in [9.17, 15) is 0 Å². The predicted molar refractivity (Wildman–Crippen MR) is 90.4 cm³/mol. The van der Waals surface area contributed by atoms with Crippen LogP contribution in [0, 0.1) is 6.92 Å². The van der Waals surface area contributed by atoms with Crippen LogP contribution in [0.15, 0.2) is 30.5 Å². The number of nitrogens with zero attached hydrogens (tertiary/aromatic N) is 4. The molecule has 0 aromatic carbocycles. The Hall–Kier alpha value is -2.05. The molecule has 1 aliphatic heterocycles. The molecule has 0 saturated carbocycles. The summed E-state index contributed by atoms with van der Waals surface area (Å²) in [5, 5.41) is 3.40. The average molecular weight is 313 g/mol. The van der Waals surface area contributed by atoms with Crippen molar-refractivity contribution in [3.05, 3.63) is 36.3 Å². The summed E-state index contributed by atoms with van der Waals surface area (Å²) in [5.41, 5.74) is 1.73. The van der Waals surface area contributed by atoms with Gasteiger partial charge >= 0.3 is 0 Å². The van der Waals surface area contributed by atoms with Gasteiger partial charge in [0.05, 0.1) is 24.6 Å². The van der Waals surface area contributed by atoms with E-state index in [4.69, 9.17) is 4.74 Å². The van der Waals surface area contributed by atoms with Crippen molar-refractivity contribution in [1.29, 1.82) is 0 Å². The number of aromatic nitrogens is 3. The maximum Gasteiger partial charge on any atom is 0.130 e. The molecule has 6 nitrogen and oxygen atoms in total. The molecule has 0 aliphatic carbocycles. The van der Waals surface area contributed by atoms with Gasteiger partial charge in [-0.05, 0) is 32.0 Å². The number of rotatable bonds is 6. The van der Waals surface area contributed by atoms with Crippen LogP contribution in [0.3, 0.4) is 0 Å². The Morgan fingerprint density at radius 1 is 1.17 bits per heavy atom. The number of anilines is 1. The molecule has 0 amide bonds. The van der Waals surface area contributed by atoms with Crippen LogP contribution >= 0.6 is 0 Å². The van der Waals surface area contributed by atoms with Crippen LogP contribution in [0.1, 0.15) is 12.2 Å². The summed E-state index contributed by atoms with van der Waals surface area (Å²) in [6.45, 7) is 7.68. The van der Waals surface area contributed by atoms with Crippen LogP contribution in [-0.2, 0) is 4.74 Å². The van der Waals surface area contributed by atoms with Crippen LogP contribution in [0.2, 0.25) is 0 Å². The third kappa shape index (κ3) is 4.71. The van der Waals surface area contributed by atoms with Gasteiger partial charge in [-0.25, -0.2) is 9.97 Å². The molecule has 1 fully saturated rings. The highest BCUT2D eigenvalue weighted by Gasteiger charge is 2.09. The summed E-state index contributed by atoms with van der Waals surface area (Å²) in [6.07, 6.45) is 2.87. The SMILES string of the molecule is Cc1nc(NCCCN2CCOCC2)cc(-c2ccccn2)n1. The lowest BCUT2D eigenvalue weighted by molar-refractivity contribution is 0.0378. The number of ether oxygens (including phenoxy) is 1. The number of hydrogen-bond acceptors (Lipinski definition) is 6. The largest absolute Gasteiger partial charge is 0.379 e. The third-order valence-electron chi connectivity index (χ3n) is 3.83. The lowest BCUT2D eigenvalue weighted by Gasteiger charge is -2.26. The summed E-state index contributed by atoms with van der Waals surface area (Å²) < 4.78 is 5.36. The zero-order chi connectivity index (χ0) is 15.9. The Morgan fingerprint density at radius 2 is 2.04 bits per heavy atom. The second-order valence-corrected chi connectivity index (χ2v) is 5.63. The van der Waals surface area contributed by atoms with Crippen LogP contribution in [0.5, 0.6) is 0 Å². The fraction of sp³-hybridized carbons (Fsp3) is 0.471. The van der Waals surface area contributed by atoms with Gasteiger partial charge in [-0.3, -0.25) is 9.88 Å². The molecule has 0 bridgehead atoms. The maximum atomic E-state index is 5.36. The molecular weight excluding hydrogens is 290 g/mol. The molecule has 1 N–H and O–H groups in total. The molecule has 0 atom stereocenters. The van der Waals surface area contributed by atoms with Gasteiger partial charge in [0.15, 0.2) is 0 Å². The van der Waals surface area contributed by atoms with E-state index in [0.29, 0.717) is 0 Å². The molecule has 0 spiro atoms. The van der Waals surface area contributed by atoms with Gasteiger partial charge < -0.3 is 10.1 Å². The zero-order valence-corrected chi connectivity index (χ0v) is 13.5. The molecule has 2 aromatic heterocycles. The van der Waals surface area contributed by atoms with E-state index in [1.165, 1.54) is 0 Å². The zero-order valence-electron chi connectivity index (χ0n) is 13.5. The molecular formula is C17H23N5O. The first-order valence-electron chi connectivity index (χ1n) is 8.12. The highest BCUT2D eigenvalue weighted by molar-refractivity contribution is 5.58. The third-order valence-corrected chi connectivity index (χ3v) is 3.83. The van der Waals surface area contributed by atoms with Crippen LogP contribution in [0.4, 0.5) is 5.82 Å². The standard InChI is InChI=1S/C17H23N5O/c1-14-20-16(15-5-2-3-6-18-15)13-17(21-14)19-7-4-8-22-9-11-23-12-10-22/h2-3,5-6,13H,4,7-12H2,1H3,(H,19,20,21). The van der Waals surface area contributed by atoms with Crippen molar-refractivity contribution in [3.63, 3.8) is 0 Å². The van der Waals surface area contributed by atoms with E-state index in [1.54, 1.807) is 6.20 Å². The first-order valence-corrected chi connectivity index (χ1v) is 8.12. The number of aryl methyl sites for hydroxylation is 1. The fourth-order valence-electron chi connectivity index (χ4n) is 2.65. The smallest absolute Gasteiger partial charge is 0.130 e. The normalized spacial score (nSPS) is 15.5. The highest BCUT2D eigenvalue weighted by Crippen LogP contribution is 2.17. The Kier molecular flexibility index (Phi) is 5.50. The molecule has 0 unspecified atom stereocenters. The van der Waals surface area contributed by atoms with Gasteiger partial charge in [-0.1, -0.05) is 6.07 Å². The molecule has 3 rings (SSSR count).